The Bertz CT molecular complexity index is 1470. The fourth-order valence-electron chi connectivity index (χ4n) is 4.68. The van der Waals surface area contributed by atoms with Gasteiger partial charge in [0.15, 0.2) is 0 Å². The van der Waals surface area contributed by atoms with Crippen molar-refractivity contribution in [1.82, 2.24) is 14.9 Å². The molecule has 5 nitrogen and oxygen atoms in total. The molecule has 0 aliphatic heterocycles. The van der Waals surface area contributed by atoms with E-state index in [-0.39, 0.29) is 0 Å². The van der Waals surface area contributed by atoms with Crippen molar-refractivity contribution in [3.63, 3.8) is 0 Å². The quantitative estimate of drug-likeness (QED) is 0.247. The van der Waals surface area contributed by atoms with Gasteiger partial charge in [0.2, 0.25) is 0 Å². The van der Waals surface area contributed by atoms with Crippen LogP contribution in [0.5, 0.6) is 0 Å². The summed E-state index contributed by atoms with van der Waals surface area (Å²) in [6.45, 7) is 5.54. The number of hydrogen-bond donors (Lipinski definition) is 3. The van der Waals surface area contributed by atoms with Gasteiger partial charge in [0, 0.05) is 46.7 Å². The molecule has 0 bridgehead atoms. The van der Waals surface area contributed by atoms with Crippen molar-refractivity contribution >= 4 is 33.9 Å². The van der Waals surface area contributed by atoms with Gasteiger partial charge in [-0.1, -0.05) is 73.3 Å². The predicted octanol–water partition coefficient (Wildman–Crippen LogP) is 5.84. The molecule has 0 aliphatic carbocycles. The van der Waals surface area contributed by atoms with Crippen molar-refractivity contribution in [2.75, 3.05) is 6.54 Å². The molecule has 0 spiro atoms. The van der Waals surface area contributed by atoms with Crippen LogP contribution >= 0.6 is 0 Å². The molecule has 0 saturated heterocycles. The molecule has 0 atom stereocenters. The van der Waals surface area contributed by atoms with Gasteiger partial charge >= 0.3 is 5.97 Å². The van der Waals surface area contributed by atoms with E-state index in [1.165, 1.54) is 10.9 Å². The van der Waals surface area contributed by atoms with E-state index in [1.807, 2.05) is 65.2 Å². The highest BCUT2D eigenvalue weighted by Crippen LogP contribution is 2.28. The van der Waals surface area contributed by atoms with Crippen molar-refractivity contribution < 1.29 is 9.90 Å². The first-order chi connectivity index (χ1) is 16.7. The van der Waals surface area contributed by atoms with Gasteiger partial charge in [-0.3, -0.25) is 0 Å². The zero-order valence-corrected chi connectivity index (χ0v) is 18.9. The average Bonchev–Trinajstić information content (AvgIpc) is 3.41. The summed E-state index contributed by atoms with van der Waals surface area (Å²) < 4.78 is 1.91. The third kappa shape index (κ3) is 4.14. The summed E-state index contributed by atoms with van der Waals surface area (Å²) >= 11 is 0. The van der Waals surface area contributed by atoms with Crippen molar-refractivity contribution in [1.29, 1.82) is 0 Å². The van der Waals surface area contributed by atoms with Crippen LogP contribution in [0.1, 0.15) is 32.7 Å². The molecule has 0 fully saturated rings. The molecule has 3 aromatic carbocycles. The maximum Gasteiger partial charge on any atom is 0.352 e. The molecule has 2 aromatic heterocycles. The minimum Gasteiger partial charge on any atom is -0.477 e. The molecule has 0 radical (unpaired) electrons. The standard InChI is InChI=1S/C29H27N3O2/c1-2-20-11-13-21(14-12-20)19-32-27-10-6-4-8-24(27)25(28(32)29(33)34)18-30-16-15-22-17-31-26-9-5-3-7-23(22)26/h2-14,17,30-31H,1,15-16,18-19H2,(H,33,34). The van der Waals surface area contributed by atoms with E-state index in [0.29, 0.717) is 18.8 Å². The lowest BCUT2D eigenvalue weighted by molar-refractivity contribution is 0.0684. The first-order valence-electron chi connectivity index (χ1n) is 11.5. The molecular formula is C29H27N3O2. The third-order valence-corrected chi connectivity index (χ3v) is 6.38. The number of H-pyrrole nitrogens is 1. The molecule has 34 heavy (non-hydrogen) atoms. The number of hydrogen-bond acceptors (Lipinski definition) is 2. The Morgan fingerprint density at radius 3 is 2.50 bits per heavy atom. The number of aromatic nitrogens is 2. The Labute approximate surface area is 198 Å². The molecular weight excluding hydrogens is 422 g/mol. The monoisotopic (exact) mass is 449 g/mol. The predicted molar refractivity (Wildman–Crippen MR) is 138 cm³/mol. The van der Waals surface area contributed by atoms with Gasteiger partial charge in [-0.25, -0.2) is 4.79 Å². The molecule has 0 amide bonds. The lowest BCUT2D eigenvalue weighted by Gasteiger charge is -2.10. The van der Waals surface area contributed by atoms with Crippen LogP contribution in [-0.2, 0) is 19.5 Å². The van der Waals surface area contributed by atoms with Crippen LogP contribution in [-0.4, -0.2) is 27.2 Å². The van der Waals surface area contributed by atoms with E-state index in [9.17, 15) is 9.90 Å². The number of nitrogens with zero attached hydrogens (tertiary/aromatic N) is 1. The van der Waals surface area contributed by atoms with Gasteiger partial charge in [0.1, 0.15) is 5.69 Å². The van der Waals surface area contributed by atoms with E-state index in [0.717, 1.165) is 46.1 Å². The number of benzene rings is 3. The maximum absolute atomic E-state index is 12.4. The summed E-state index contributed by atoms with van der Waals surface area (Å²) in [5.41, 5.74) is 6.58. The molecule has 5 aromatic rings. The number of fused-ring (bicyclic) bond motifs is 2. The van der Waals surface area contributed by atoms with Crippen LogP contribution < -0.4 is 5.32 Å². The van der Waals surface area contributed by atoms with Gasteiger partial charge in [0.25, 0.3) is 0 Å². The highest BCUT2D eigenvalue weighted by atomic mass is 16.4. The Morgan fingerprint density at radius 1 is 1.00 bits per heavy atom. The van der Waals surface area contributed by atoms with Crippen LogP contribution in [0.25, 0.3) is 27.9 Å². The topological polar surface area (TPSA) is 70.1 Å². The largest absolute Gasteiger partial charge is 0.477 e. The van der Waals surface area contributed by atoms with Gasteiger partial charge in [-0.2, -0.15) is 0 Å². The van der Waals surface area contributed by atoms with E-state index in [1.54, 1.807) is 6.08 Å². The molecule has 5 heteroatoms. The van der Waals surface area contributed by atoms with Crippen molar-refractivity contribution in [3.8, 4) is 0 Å². The first kappa shape index (κ1) is 21.7. The van der Waals surface area contributed by atoms with E-state index < -0.39 is 5.97 Å². The van der Waals surface area contributed by atoms with Gasteiger partial charge in [-0.05, 0) is 41.8 Å². The zero-order chi connectivity index (χ0) is 23.5. The fraction of sp³-hybridized carbons (Fsp3) is 0.138. The highest BCUT2D eigenvalue weighted by Gasteiger charge is 2.22. The second-order valence-electron chi connectivity index (χ2n) is 8.47. The molecule has 0 aliphatic rings. The van der Waals surface area contributed by atoms with E-state index in [2.05, 4.69) is 35.2 Å². The first-order valence-corrected chi connectivity index (χ1v) is 11.5. The zero-order valence-electron chi connectivity index (χ0n) is 18.9. The Hall–Kier alpha value is -4.09. The molecule has 170 valence electrons. The second-order valence-corrected chi connectivity index (χ2v) is 8.47. The number of rotatable bonds is 9. The summed E-state index contributed by atoms with van der Waals surface area (Å²) in [5.74, 6) is -0.910. The van der Waals surface area contributed by atoms with Crippen LogP contribution in [0.2, 0.25) is 0 Å². The summed E-state index contributed by atoms with van der Waals surface area (Å²) in [7, 11) is 0. The molecule has 2 heterocycles. The molecule has 0 unspecified atom stereocenters. The van der Waals surface area contributed by atoms with Crippen molar-refractivity contribution in [3.05, 3.63) is 114 Å². The van der Waals surface area contributed by atoms with Crippen LogP contribution in [0.15, 0.2) is 85.6 Å². The van der Waals surface area contributed by atoms with Crippen molar-refractivity contribution in [2.24, 2.45) is 0 Å². The third-order valence-electron chi connectivity index (χ3n) is 6.38. The van der Waals surface area contributed by atoms with Crippen LogP contribution in [0, 0.1) is 0 Å². The van der Waals surface area contributed by atoms with Crippen LogP contribution in [0.3, 0.4) is 0 Å². The number of carboxylic acid groups (broad SMARTS) is 1. The lowest BCUT2D eigenvalue weighted by atomic mass is 10.1. The minimum absolute atomic E-state index is 0.341. The molecule has 3 N–H and O–H groups in total. The Morgan fingerprint density at radius 2 is 1.74 bits per heavy atom. The Balaban J connectivity index is 1.40. The van der Waals surface area contributed by atoms with E-state index in [4.69, 9.17) is 0 Å². The number of aromatic amines is 1. The SMILES string of the molecule is C=Cc1ccc(Cn2c(C(=O)O)c(CNCCc3c[nH]c4ccccc34)c3ccccc32)cc1. The highest BCUT2D eigenvalue weighted by molar-refractivity contribution is 5.98. The summed E-state index contributed by atoms with van der Waals surface area (Å²) in [4.78, 5) is 15.7. The number of carbonyl (C=O) groups is 1. The minimum atomic E-state index is -0.910. The van der Waals surface area contributed by atoms with Gasteiger partial charge < -0.3 is 20.0 Å². The summed E-state index contributed by atoms with van der Waals surface area (Å²) in [6.07, 6.45) is 4.72. The Kier molecular flexibility index (Phi) is 6.02. The fourth-order valence-corrected chi connectivity index (χ4v) is 4.68. The number of aromatic carboxylic acids is 1. The van der Waals surface area contributed by atoms with E-state index >= 15 is 0 Å². The molecule has 5 rings (SSSR count). The second kappa shape index (κ2) is 9.41. The summed E-state index contributed by atoms with van der Waals surface area (Å²) in [5, 5.41) is 15.9. The van der Waals surface area contributed by atoms with Crippen LogP contribution in [0.4, 0.5) is 0 Å². The molecule has 0 saturated carbocycles. The lowest BCUT2D eigenvalue weighted by Crippen LogP contribution is -2.19. The number of para-hydroxylation sites is 2. The van der Waals surface area contributed by atoms with Crippen molar-refractivity contribution in [2.45, 2.75) is 19.5 Å². The normalized spacial score (nSPS) is 11.3. The van der Waals surface area contributed by atoms with Gasteiger partial charge in [-0.15, -0.1) is 0 Å². The number of nitrogens with one attached hydrogen (secondary N) is 2. The average molecular weight is 450 g/mol. The maximum atomic E-state index is 12.4. The number of carboxylic acids is 1. The summed E-state index contributed by atoms with van der Waals surface area (Å²) in [6, 6.07) is 24.3. The smallest absolute Gasteiger partial charge is 0.352 e. The van der Waals surface area contributed by atoms with Gasteiger partial charge in [0.05, 0.1) is 0 Å².